The lowest BCUT2D eigenvalue weighted by atomic mass is 10.1. The highest BCUT2D eigenvalue weighted by atomic mass is 16.2. The topological polar surface area (TPSA) is 110 Å². The van der Waals surface area contributed by atoms with Gasteiger partial charge in [0.25, 0.3) is 5.91 Å². The molecule has 110 valence electrons. The van der Waals surface area contributed by atoms with E-state index in [1.807, 2.05) is 19.1 Å². The number of carbonyl (C=O) groups excluding carboxylic acids is 2. The maximum absolute atomic E-state index is 11.8. The SMILES string of the molecule is CC(NC(=O)CN)c1ccc(C(=O)NCCCN)cc1. The Bertz CT molecular complexity index is 445. The Hall–Kier alpha value is -1.92. The Labute approximate surface area is 118 Å². The van der Waals surface area contributed by atoms with Gasteiger partial charge in [0.1, 0.15) is 0 Å². The van der Waals surface area contributed by atoms with Crippen molar-refractivity contribution in [1.29, 1.82) is 0 Å². The summed E-state index contributed by atoms with van der Waals surface area (Å²) in [6, 6.07) is 6.97. The van der Waals surface area contributed by atoms with Crippen LogP contribution in [0.25, 0.3) is 0 Å². The van der Waals surface area contributed by atoms with Crippen molar-refractivity contribution < 1.29 is 9.59 Å². The molecule has 6 nitrogen and oxygen atoms in total. The lowest BCUT2D eigenvalue weighted by molar-refractivity contribution is -0.120. The standard InChI is InChI=1S/C14H22N4O2/c1-10(18-13(19)9-16)11-3-5-12(6-4-11)14(20)17-8-2-7-15/h3-6,10H,2,7-9,15-16H2,1H3,(H,17,20)(H,18,19). The van der Waals surface area contributed by atoms with E-state index in [0.29, 0.717) is 18.7 Å². The largest absolute Gasteiger partial charge is 0.352 e. The van der Waals surface area contributed by atoms with E-state index < -0.39 is 0 Å². The Morgan fingerprint density at radius 3 is 2.40 bits per heavy atom. The van der Waals surface area contributed by atoms with Crippen LogP contribution in [0.5, 0.6) is 0 Å². The molecule has 0 aromatic heterocycles. The third-order valence-electron chi connectivity index (χ3n) is 2.90. The van der Waals surface area contributed by atoms with Crippen molar-refractivity contribution in [2.24, 2.45) is 11.5 Å². The summed E-state index contributed by atoms with van der Waals surface area (Å²) >= 11 is 0. The third-order valence-corrected chi connectivity index (χ3v) is 2.90. The normalized spacial score (nSPS) is 11.8. The zero-order chi connectivity index (χ0) is 15.0. The van der Waals surface area contributed by atoms with Crippen molar-refractivity contribution in [2.75, 3.05) is 19.6 Å². The number of carbonyl (C=O) groups is 2. The van der Waals surface area contributed by atoms with E-state index in [-0.39, 0.29) is 24.4 Å². The van der Waals surface area contributed by atoms with Gasteiger partial charge >= 0.3 is 0 Å². The first kappa shape index (κ1) is 16.1. The summed E-state index contributed by atoms with van der Waals surface area (Å²) < 4.78 is 0. The van der Waals surface area contributed by atoms with Gasteiger partial charge in [-0.15, -0.1) is 0 Å². The molecule has 0 fully saturated rings. The molecule has 1 aromatic rings. The Morgan fingerprint density at radius 2 is 1.85 bits per heavy atom. The fourth-order valence-corrected chi connectivity index (χ4v) is 1.71. The molecule has 0 aliphatic rings. The summed E-state index contributed by atoms with van der Waals surface area (Å²) in [4.78, 5) is 23.0. The number of hydrogen-bond donors (Lipinski definition) is 4. The summed E-state index contributed by atoms with van der Waals surface area (Å²) in [7, 11) is 0. The quantitative estimate of drug-likeness (QED) is 0.522. The van der Waals surface area contributed by atoms with Crippen LogP contribution < -0.4 is 22.1 Å². The molecule has 2 amide bonds. The minimum atomic E-state index is -0.207. The second-order valence-electron chi connectivity index (χ2n) is 4.51. The van der Waals surface area contributed by atoms with E-state index in [9.17, 15) is 9.59 Å². The van der Waals surface area contributed by atoms with Crippen LogP contribution in [0.1, 0.15) is 35.3 Å². The molecule has 6 heteroatoms. The van der Waals surface area contributed by atoms with Gasteiger partial charge in [-0.05, 0) is 37.6 Å². The number of nitrogens with one attached hydrogen (secondary N) is 2. The second-order valence-corrected chi connectivity index (χ2v) is 4.51. The lowest BCUT2D eigenvalue weighted by Crippen LogP contribution is -2.32. The van der Waals surface area contributed by atoms with Crippen molar-refractivity contribution in [3.8, 4) is 0 Å². The lowest BCUT2D eigenvalue weighted by Gasteiger charge is -2.14. The van der Waals surface area contributed by atoms with E-state index in [4.69, 9.17) is 11.5 Å². The summed E-state index contributed by atoms with van der Waals surface area (Å²) in [5, 5.41) is 5.54. The van der Waals surface area contributed by atoms with Gasteiger partial charge in [0, 0.05) is 12.1 Å². The van der Waals surface area contributed by atoms with Crippen LogP contribution in [0.3, 0.4) is 0 Å². The van der Waals surface area contributed by atoms with Gasteiger partial charge in [0.05, 0.1) is 12.6 Å². The van der Waals surface area contributed by atoms with Gasteiger partial charge in [0.15, 0.2) is 0 Å². The monoisotopic (exact) mass is 278 g/mol. The van der Waals surface area contributed by atoms with Crippen LogP contribution in [0.15, 0.2) is 24.3 Å². The smallest absolute Gasteiger partial charge is 0.251 e. The Morgan fingerprint density at radius 1 is 1.20 bits per heavy atom. The molecule has 0 bridgehead atoms. The summed E-state index contributed by atoms with van der Waals surface area (Å²) in [6.45, 7) is 2.95. The van der Waals surface area contributed by atoms with Crippen molar-refractivity contribution >= 4 is 11.8 Å². The fraction of sp³-hybridized carbons (Fsp3) is 0.429. The first-order chi connectivity index (χ1) is 9.58. The van der Waals surface area contributed by atoms with Gasteiger partial charge in [-0.1, -0.05) is 12.1 Å². The predicted octanol–water partition coefficient (Wildman–Crippen LogP) is -0.0989. The summed E-state index contributed by atoms with van der Waals surface area (Å²) in [5.74, 6) is -0.329. The van der Waals surface area contributed by atoms with Crippen molar-refractivity contribution in [2.45, 2.75) is 19.4 Å². The highest BCUT2D eigenvalue weighted by molar-refractivity contribution is 5.94. The van der Waals surface area contributed by atoms with Crippen molar-refractivity contribution in [1.82, 2.24) is 10.6 Å². The van der Waals surface area contributed by atoms with E-state index >= 15 is 0 Å². The molecule has 1 rings (SSSR count). The molecule has 0 saturated heterocycles. The zero-order valence-electron chi connectivity index (χ0n) is 11.7. The highest BCUT2D eigenvalue weighted by Gasteiger charge is 2.09. The van der Waals surface area contributed by atoms with E-state index in [2.05, 4.69) is 10.6 Å². The fourth-order valence-electron chi connectivity index (χ4n) is 1.71. The Balaban J connectivity index is 2.59. The average Bonchev–Trinajstić information content (AvgIpc) is 2.47. The van der Waals surface area contributed by atoms with Gasteiger partial charge in [-0.25, -0.2) is 0 Å². The van der Waals surface area contributed by atoms with E-state index in [0.717, 1.165) is 12.0 Å². The van der Waals surface area contributed by atoms with E-state index in [1.54, 1.807) is 12.1 Å². The van der Waals surface area contributed by atoms with Gasteiger partial charge < -0.3 is 22.1 Å². The maximum atomic E-state index is 11.8. The molecule has 1 aromatic carbocycles. The molecular formula is C14H22N4O2. The van der Waals surface area contributed by atoms with Crippen molar-refractivity contribution in [3.63, 3.8) is 0 Å². The van der Waals surface area contributed by atoms with Crippen LogP contribution in [-0.2, 0) is 4.79 Å². The maximum Gasteiger partial charge on any atom is 0.251 e. The van der Waals surface area contributed by atoms with Crippen molar-refractivity contribution in [3.05, 3.63) is 35.4 Å². The minimum Gasteiger partial charge on any atom is -0.352 e. The molecule has 20 heavy (non-hydrogen) atoms. The first-order valence-electron chi connectivity index (χ1n) is 6.66. The second kappa shape index (κ2) is 8.29. The summed E-state index contributed by atoms with van der Waals surface area (Å²) in [5.41, 5.74) is 12.1. The average molecular weight is 278 g/mol. The molecule has 0 spiro atoms. The van der Waals surface area contributed by atoms with Gasteiger partial charge in [0.2, 0.25) is 5.91 Å². The zero-order valence-corrected chi connectivity index (χ0v) is 11.7. The predicted molar refractivity (Wildman–Crippen MR) is 78.1 cm³/mol. The molecule has 0 aliphatic heterocycles. The van der Waals surface area contributed by atoms with Crippen LogP contribution >= 0.6 is 0 Å². The first-order valence-corrected chi connectivity index (χ1v) is 6.66. The number of amides is 2. The summed E-state index contributed by atoms with van der Waals surface area (Å²) in [6.07, 6.45) is 0.756. The molecular weight excluding hydrogens is 256 g/mol. The minimum absolute atomic E-state index is 0.0357. The molecule has 0 heterocycles. The van der Waals surface area contributed by atoms with E-state index in [1.165, 1.54) is 0 Å². The van der Waals surface area contributed by atoms with Crippen LogP contribution in [0, 0.1) is 0 Å². The van der Waals surface area contributed by atoms with Crippen LogP contribution in [-0.4, -0.2) is 31.4 Å². The molecule has 1 unspecified atom stereocenters. The Kier molecular flexibility index (Phi) is 6.69. The van der Waals surface area contributed by atoms with Gasteiger partial charge in [-0.2, -0.15) is 0 Å². The van der Waals surface area contributed by atoms with Crippen LogP contribution in [0.4, 0.5) is 0 Å². The molecule has 0 radical (unpaired) electrons. The number of rotatable bonds is 7. The highest BCUT2D eigenvalue weighted by Crippen LogP contribution is 2.13. The molecule has 1 atom stereocenters. The molecule has 0 aliphatic carbocycles. The number of benzene rings is 1. The third kappa shape index (κ3) is 4.99. The van der Waals surface area contributed by atoms with Gasteiger partial charge in [-0.3, -0.25) is 9.59 Å². The van der Waals surface area contributed by atoms with Crippen LogP contribution in [0.2, 0.25) is 0 Å². The molecule has 0 saturated carbocycles. The number of nitrogens with two attached hydrogens (primary N) is 2. The number of hydrogen-bond acceptors (Lipinski definition) is 4. The molecule has 6 N–H and O–H groups in total.